The molecule has 1 amide bonds. The van der Waals surface area contributed by atoms with Crippen molar-refractivity contribution in [2.45, 2.75) is 12.2 Å². The lowest BCUT2D eigenvalue weighted by Gasteiger charge is -2.27. The van der Waals surface area contributed by atoms with E-state index in [1.165, 1.54) is 18.2 Å². The fraction of sp³-hybridized carbons (Fsp3) is 0.400. The first-order valence-corrected chi connectivity index (χ1v) is 9.02. The van der Waals surface area contributed by atoms with Crippen LogP contribution in [0.15, 0.2) is 42.6 Å². The number of carbonyl (C=O) groups excluding carboxylic acids is 1. The van der Waals surface area contributed by atoms with Crippen LogP contribution in [0.1, 0.15) is 27.7 Å². The maximum atomic E-state index is 13.7. The lowest BCUT2D eigenvalue weighted by molar-refractivity contribution is -0.141. The Kier molecular flexibility index (Phi) is 4.61. The average Bonchev–Trinajstić information content (AvgIpc) is 3.17. The Bertz CT molecular complexity index is 884. The van der Waals surface area contributed by atoms with Gasteiger partial charge in [-0.25, -0.2) is 4.39 Å². The lowest BCUT2D eigenvalue weighted by Crippen LogP contribution is -2.33. The molecule has 0 unspecified atom stereocenters. The van der Waals surface area contributed by atoms with E-state index in [4.69, 9.17) is 0 Å². The summed E-state index contributed by atoms with van der Waals surface area (Å²) < 4.78 is 51.6. The van der Waals surface area contributed by atoms with Crippen molar-refractivity contribution in [3.05, 3.63) is 65.2 Å². The summed E-state index contributed by atoms with van der Waals surface area (Å²) in [5.41, 5.74) is -0.000682. The smallest absolute Gasteiger partial charge is 0.338 e. The molecule has 1 aromatic heterocycles. The van der Waals surface area contributed by atoms with Gasteiger partial charge in [0.05, 0.1) is 5.56 Å². The molecule has 3 atom stereocenters. The SMILES string of the molecule is CN1C[C@H]2CN(C(=O)c3ccc(C(F)(F)F)nc3)C[C@H]2[C@@H]1c1cccc(F)c1. The van der Waals surface area contributed by atoms with Gasteiger partial charge in [-0.3, -0.25) is 14.7 Å². The highest BCUT2D eigenvalue weighted by molar-refractivity contribution is 5.94. The number of rotatable bonds is 2. The van der Waals surface area contributed by atoms with Crippen LogP contribution in [0.25, 0.3) is 0 Å². The molecule has 4 nitrogen and oxygen atoms in total. The molecule has 3 heterocycles. The topological polar surface area (TPSA) is 36.4 Å². The van der Waals surface area contributed by atoms with Crippen molar-refractivity contribution >= 4 is 5.91 Å². The van der Waals surface area contributed by atoms with Crippen LogP contribution in [0.5, 0.6) is 0 Å². The van der Waals surface area contributed by atoms with E-state index in [0.29, 0.717) is 13.1 Å². The monoisotopic (exact) mass is 393 g/mol. The van der Waals surface area contributed by atoms with Gasteiger partial charge in [0.25, 0.3) is 5.91 Å². The standard InChI is InChI=1S/C20H19F4N3O/c1-26-9-14-10-27(11-16(14)18(26)12-3-2-4-15(21)7-12)19(28)13-5-6-17(25-8-13)20(22,23)24/h2-8,14,16,18H,9-11H2,1H3/t14-,16+,18-/m0/s1. The van der Waals surface area contributed by atoms with Gasteiger partial charge >= 0.3 is 6.18 Å². The second kappa shape index (κ2) is 6.84. The largest absolute Gasteiger partial charge is 0.433 e. The van der Waals surface area contributed by atoms with E-state index in [1.54, 1.807) is 11.0 Å². The predicted octanol–water partition coefficient (Wildman–Crippen LogP) is 3.61. The number of alkyl halides is 3. The molecule has 0 spiro atoms. The van der Waals surface area contributed by atoms with Crippen LogP contribution in [0.2, 0.25) is 0 Å². The molecule has 0 N–H and O–H groups in total. The second-order valence-electron chi connectivity index (χ2n) is 7.50. The van der Waals surface area contributed by atoms with E-state index in [-0.39, 0.29) is 35.2 Å². The van der Waals surface area contributed by atoms with Crippen molar-refractivity contribution in [1.29, 1.82) is 0 Å². The fourth-order valence-corrected chi connectivity index (χ4v) is 4.49. The third-order valence-corrected chi connectivity index (χ3v) is 5.67. The van der Waals surface area contributed by atoms with Crippen LogP contribution >= 0.6 is 0 Å². The van der Waals surface area contributed by atoms with Crippen molar-refractivity contribution in [3.8, 4) is 0 Å². The van der Waals surface area contributed by atoms with Gasteiger partial charge < -0.3 is 4.90 Å². The van der Waals surface area contributed by atoms with Crippen LogP contribution in [0.4, 0.5) is 17.6 Å². The molecule has 148 valence electrons. The van der Waals surface area contributed by atoms with Gasteiger partial charge in [-0.2, -0.15) is 13.2 Å². The molecule has 1 aromatic carbocycles. The van der Waals surface area contributed by atoms with Gasteiger partial charge in [-0.1, -0.05) is 12.1 Å². The highest BCUT2D eigenvalue weighted by Gasteiger charge is 2.47. The summed E-state index contributed by atoms with van der Waals surface area (Å²) in [6.07, 6.45) is -3.55. The minimum Gasteiger partial charge on any atom is -0.338 e. The van der Waals surface area contributed by atoms with Crippen molar-refractivity contribution in [3.63, 3.8) is 0 Å². The number of fused-ring (bicyclic) bond motifs is 1. The van der Waals surface area contributed by atoms with Crippen LogP contribution in [0.3, 0.4) is 0 Å². The van der Waals surface area contributed by atoms with Crippen LogP contribution < -0.4 is 0 Å². The molecular formula is C20H19F4N3O. The Morgan fingerprint density at radius 1 is 1.14 bits per heavy atom. The molecule has 0 saturated carbocycles. The number of pyridine rings is 1. The third-order valence-electron chi connectivity index (χ3n) is 5.67. The summed E-state index contributed by atoms with van der Waals surface area (Å²) >= 11 is 0. The summed E-state index contributed by atoms with van der Waals surface area (Å²) in [6.45, 7) is 1.79. The summed E-state index contributed by atoms with van der Waals surface area (Å²) in [7, 11) is 1.99. The number of aromatic nitrogens is 1. The molecule has 2 saturated heterocycles. The van der Waals surface area contributed by atoms with E-state index in [1.807, 2.05) is 13.1 Å². The van der Waals surface area contributed by atoms with Crippen LogP contribution in [-0.4, -0.2) is 47.4 Å². The Balaban J connectivity index is 1.51. The van der Waals surface area contributed by atoms with Crippen molar-refractivity contribution in [2.24, 2.45) is 11.8 Å². The van der Waals surface area contributed by atoms with E-state index < -0.39 is 11.9 Å². The van der Waals surface area contributed by atoms with E-state index >= 15 is 0 Å². The normalized spacial score (nSPS) is 25.2. The Morgan fingerprint density at radius 2 is 1.93 bits per heavy atom. The number of halogens is 4. The number of likely N-dealkylation sites (tertiary alicyclic amines) is 2. The van der Waals surface area contributed by atoms with E-state index in [2.05, 4.69) is 9.88 Å². The molecule has 0 bridgehead atoms. The van der Waals surface area contributed by atoms with Gasteiger partial charge in [0.15, 0.2) is 0 Å². The summed E-state index contributed by atoms with van der Waals surface area (Å²) in [5.74, 6) is -0.227. The molecule has 0 aliphatic carbocycles. The van der Waals surface area contributed by atoms with Crippen molar-refractivity contribution < 1.29 is 22.4 Å². The van der Waals surface area contributed by atoms with Crippen molar-refractivity contribution in [2.75, 3.05) is 26.7 Å². The van der Waals surface area contributed by atoms with Gasteiger partial charge in [0.1, 0.15) is 11.5 Å². The summed E-state index contributed by atoms with van der Waals surface area (Å²) in [5, 5.41) is 0. The molecule has 2 fully saturated rings. The Labute approximate surface area is 159 Å². The molecule has 4 rings (SSSR count). The van der Waals surface area contributed by atoms with E-state index in [0.717, 1.165) is 24.4 Å². The number of nitrogens with zero attached hydrogens (tertiary/aromatic N) is 3. The van der Waals surface area contributed by atoms with Crippen LogP contribution in [0, 0.1) is 17.7 Å². The molecule has 2 aliphatic heterocycles. The first-order valence-electron chi connectivity index (χ1n) is 9.02. The molecule has 8 heteroatoms. The maximum absolute atomic E-state index is 13.7. The van der Waals surface area contributed by atoms with Crippen LogP contribution in [-0.2, 0) is 6.18 Å². The van der Waals surface area contributed by atoms with E-state index in [9.17, 15) is 22.4 Å². The highest BCUT2D eigenvalue weighted by Crippen LogP contribution is 2.44. The minimum absolute atomic E-state index is 0.00392. The predicted molar refractivity (Wildman–Crippen MR) is 93.9 cm³/mol. The number of hydrogen-bond acceptors (Lipinski definition) is 3. The van der Waals surface area contributed by atoms with Gasteiger partial charge in [0, 0.05) is 37.8 Å². The fourth-order valence-electron chi connectivity index (χ4n) is 4.49. The summed E-state index contributed by atoms with van der Waals surface area (Å²) in [4.78, 5) is 20.0. The maximum Gasteiger partial charge on any atom is 0.433 e. The number of benzene rings is 1. The van der Waals surface area contributed by atoms with Gasteiger partial charge in [0.2, 0.25) is 0 Å². The zero-order valence-corrected chi connectivity index (χ0v) is 15.2. The molecular weight excluding hydrogens is 374 g/mol. The lowest BCUT2D eigenvalue weighted by atomic mass is 9.89. The molecule has 2 aliphatic rings. The van der Waals surface area contributed by atoms with Crippen molar-refractivity contribution in [1.82, 2.24) is 14.8 Å². The third kappa shape index (κ3) is 3.37. The Morgan fingerprint density at radius 3 is 2.57 bits per heavy atom. The number of hydrogen-bond donors (Lipinski definition) is 0. The number of carbonyl (C=O) groups is 1. The zero-order chi connectivity index (χ0) is 20.1. The summed E-state index contributed by atoms with van der Waals surface area (Å²) in [6, 6.07) is 8.49. The first kappa shape index (κ1) is 18.9. The zero-order valence-electron chi connectivity index (χ0n) is 15.2. The molecule has 2 aromatic rings. The molecule has 28 heavy (non-hydrogen) atoms. The van der Waals surface area contributed by atoms with Gasteiger partial charge in [-0.05, 0) is 42.8 Å². The minimum atomic E-state index is -4.53. The second-order valence-corrected chi connectivity index (χ2v) is 7.50. The first-order chi connectivity index (χ1) is 13.2. The quantitative estimate of drug-likeness (QED) is 0.732. The van der Waals surface area contributed by atoms with Gasteiger partial charge in [-0.15, -0.1) is 0 Å². The number of amides is 1. The average molecular weight is 393 g/mol. The Hall–Kier alpha value is -2.48. The highest BCUT2D eigenvalue weighted by atomic mass is 19.4. The molecule has 0 radical (unpaired) electrons.